The Bertz CT molecular complexity index is 769. The largest absolute Gasteiger partial charge is 0.385 e. The fraction of sp³-hybridized carbons (Fsp3) is 0.619. The molecule has 1 heterocycles. The average Bonchev–Trinajstić information content (AvgIpc) is 2.92. The molecule has 0 radical (unpaired) electrons. The minimum Gasteiger partial charge on any atom is -0.385 e. The second kappa shape index (κ2) is 8.21. The molecule has 5 nitrogen and oxygen atoms in total. The molecule has 0 saturated heterocycles. The van der Waals surface area contributed by atoms with Gasteiger partial charge >= 0.3 is 0 Å². The topological polar surface area (TPSA) is 58.4 Å². The number of amides is 1. The number of imidazole rings is 1. The first-order valence-electron chi connectivity index (χ1n) is 9.67. The van der Waals surface area contributed by atoms with Gasteiger partial charge in [-0.1, -0.05) is 13.8 Å². The maximum atomic E-state index is 13.2. The number of rotatable bonds is 7. The van der Waals surface area contributed by atoms with Gasteiger partial charge in [0.2, 0.25) is 5.91 Å². The molecule has 0 saturated carbocycles. The number of carbonyl (C=O) groups is 1. The van der Waals surface area contributed by atoms with Gasteiger partial charge in [-0.3, -0.25) is 4.79 Å². The van der Waals surface area contributed by atoms with E-state index in [4.69, 9.17) is 0 Å². The summed E-state index contributed by atoms with van der Waals surface area (Å²) in [5, 5.41) is 10.2. The lowest BCUT2D eigenvalue weighted by Gasteiger charge is -2.34. The van der Waals surface area contributed by atoms with Crippen LogP contribution in [0.25, 0.3) is 11.0 Å². The summed E-state index contributed by atoms with van der Waals surface area (Å²) in [6.07, 6.45) is 1.11. The number of aliphatic hydroxyl groups is 1. The smallest absolute Gasteiger partial charge is 0.243 e. The maximum Gasteiger partial charge on any atom is 0.243 e. The van der Waals surface area contributed by atoms with Crippen molar-refractivity contribution in [3.63, 3.8) is 0 Å². The van der Waals surface area contributed by atoms with E-state index in [0.29, 0.717) is 5.82 Å². The predicted octanol–water partition coefficient (Wildman–Crippen LogP) is 4.13. The molecule has 2 aromatic rings. The Morgan fingerprint density at radius 2 is 1.65 bits per heavy atom. The van der Waals surface area contributed by atoms with E-state index < -0.39 is 6.10 Å². The van der Waals surface area contributed by atoms with Crippen molar-refractivity contribution >= 4 is 16.9 Å². The molecule has 3 atom stereocenters. The van der Waals surface area contributed by atoms with Crippen LogP contribution in [0.2, 0.25) is 0 Å². The van der Waals surface area contributed by atoms with Gasteiger partial charge in [-0.05, 0) is 70.7 Å². The number of hydrogen-bond donors (Lipinski definition) is 1. The number of nitrogens with zero attached hydrogens (tertiary/aromatic N) is 3. The number of fused-ring (bicyclic) bond motifs is 1. The van der Waals surface area contributed by atoms with Gasteiger partial charge in [0.1, 0.15) is 18.5 Å². The van der Waals surface area contributed by atoms with E-state index >= 15 is 0 Å². The van der Waals surface area contributed by atoms with E-state index in [1.165, 1.54) is 0 Å². The van der Waals surface area contributed by atoms with Crippen molar-refractivity contribution in [2.45, 2.75) is 86.0 Å². The standard InChI is InChI=1S/C21H33N3O2/c1-8-15(5)24(16(6)9-2)20(26)12-23-19-11-14(4)13(3)10-18(19)22-21(23)17(7)25/h10-11,15-17,25H,8-9,12H2,1-7H3. The first kappa shape index (κ1) is 20.4. The van der Waals surface area contributed by atoms with Gasteiger partial charge in [-0.2, -0.15) is 0 Å². The molecule has 2 rings (SSSR count). The van der Waals surface area contributed by atoms with Gasteiger partial charge in [0.25, 0.3) is 0 Å². The van der Waals surface area contributed by atoms with Crippen molar-refractivity contribution in [3.8, 4) is 0 Å². The quantitative estimate of drug-likeness (QED) is 0.808. The van der Waals surface area contributed by atoms with Crippen LogP contribution in [-0.4, -0.2) is 37.5 Å². The molecule has 0 aliphatic rings. The number of aryl methyl sites for hydroxylation is 2. The average molecular weight is 360 g/mol. The summed E-state index contributed by atoms with van der Waals surface area (Å²) < 4.78 is 1.88. The van der Waals surface area contributed by atoms with Crippen LogP contribution in [0.4, 0.5) is 0 Å². The fourth-order valence-electron chi connectivity index (χ4n) is 3.42. The van der Waals surface area contributed by atoms with Gasteiger partial charge in [-0.25, -0.2) is 4.98 Å². The molecular weight excluding hydrogens is 326 g/mol. The van der Waals surface area contributed by atoms with E-state index in [2.05, 4.69) is 52.6 Å². The third-order valence-corrected chi connectivity index (χ3v) is 5.48. The molecule has 0 aliphatic heterocycles. The molecule has 0 fully saturated rings. The summed E-state index contributed by atoms with van der Waals surface area (Å²) >= 11 is 0. The highest BCUT2D eigenvalue weighted by Gasteiger charge is 2.26. The zero-order valence-electron chi connectivity index (χ0n) is 17.2. The Morgan fingerprint density at radius 1 is 1.12 bits per heavy atom. The highest BCUT2D eigenvalue weighted by Crippen LogP contribution is 2.25. The summed E-state index contributed by atoms with van der Waals surface area (Å²) in [4.78, 5) is 19.8. The van der Waals surface area contributed by atoms with Crippen LogP contribution in [0, 0.1) is 13.8 Å². The lowest BCUT2D eigenvalue weighted by molar-refractivity contribution is -0.136. The predicted molar refractivity (Wildman–Crippen MR) is 106 cm³/mol. The highest BCUT2D eigenvalue weighted by atomic mass is 16.3. The van der Waals surface area contributed by atoms with Gasteiger partial charge in [0.05, 0.1) is 11.0 Å². The molecule has 1 N–H and O–H groups in total. The van der Waals surface area contributed by atoms with E-state index in [1.807, 2.05) is 15.5 Å². The molecule has 26 heavy (non-hydrogen) atoms. The van der Waals surface area contributed by atoms with E-state index in [9.17, 15) is 9.90 Å². The number of carbonyl (C=O) groups excluding carboxylic acids is 1. The zero-order chi connectivity index (χ0) is 19.6. The van der Waals surface area contributed by atoms with Crippen molar-refractivity contribution in [1.82, 2.24) is 14.5 Å². The number of aromatic nitrogens is 2. The van der Waals surface area contributed by atoms with Crippen LogP contribution in [0.3, 0.4) is 0 Å². The Kier molecular flexibility index (Phi) is 6.45. The number of aliphatic hydroxyl groups excluding tert-OH is 1. The van der Waals surface area contributed by atoms with Gasteiger partial charge < -0.3 is 14.6 Å². The summed E-state index contributed by atoms with van der Waals surface area (Å²) in [6.45, 7) is 14.4. The van der Waals surface area contributed by atoms with E-state index in [0.717, 1.165) is 35.0 Å². The Labute approximate surface area is 157 Å². The summed E-state index contributed by atoms with van der Waals surface area (Å²) in [7, 11) is 0. The third-order valence-electron chi connectivity index (χ3n) is 5.48. The van der Waals surface area contributed by atoms with Crippen molar-refractivity contribution in [2.75, 3.05) is 0 Å². The Balaban J connectivity index is 2.49. The molecule has 1 aromatic heterocycles. The third kappa shape index (κ3) is 3.93. The van der Waals surface area contributed by atoms with Crippen LogP contribution in [0.15, 0.2) is 12.1 Å². The lowest BCUT2D eigenvalue weighted by Crippen LogP contribution is -2.46. The van der Waals surface area contributed by atoms with Crippen LogP contribution < -0.4 is 0 Å². The summed E-state index contributed by atoms with van der Waals surface area (Å²) in [6, 6.07) is 4.46. The second-order valence-electron chi connectivity index (χ2n) is 7.47. The van der Waals surface area contributed by atoms with Crippen LogP contribution in [0.1, 0.15) is 70.5 Å². The van der Waals surface area contributed by atoms with Crippen molar-refractivity contribution in [1.29, 1.82) is 0 Å². The molecule has 1 aromatic carbocycles. The molecule has 1 amide bonds. The maximum absolute atomic E-state index is 13.2. The minimum absolute atomic E-state index is 0.0770. The van der Waals surface area contributed by atoms with Gasteiger partial charge in [-0.15, -0.1) is 0 Å². The summed E-state index contributed by atoms with van der Waals surface area (Å²) in [5.41, 5.74) is 4.05. The minimum atomic E-state index is -0.726. The van der Waals surface area contributed by atoms with Gasteiger partial charge in [0, 0.05) is 12.1 Å². The highest BCUT2D eigenvalue weighted by molar-refractivity contribution is 5.82. The zero-order valence-corrected chi connectivity index (χ0v) is 17.2. The van der Waals surface area contributed by atoms with E-state index in [1.54, 1.807) is 6.92 Å². The molecule has 0 bridgehead atoms. The molecule has 0 spiro atoms. The first-order valence-corrected chi connectivity index (χ1v) is 9.67. The number of hydrogen-bond acceptors (Lipinski definition) is 3. The van der Waals surface area contributed by atoms with Crippen molar-refractivity contribution in [3.05, 3.63) is 29.1 Å². The Hall–Kier alpha value is -1.88. The molecular formula is C21H33N3O2. The molecule has 144 valence electrons. The van der Waals surface area contributed by atoms with Crippen molar-refractivity contribution < 1.29 is 9.90 Å². The summed E-state index contributed by atoms with van der Waals surface area (Å²) in [5.74, 6) is 0.625. The molecule has 0 aliphatic carbocycles. The van der Waals surface area contributed by atoms with Crippen LogP contribution in [0.5, 0.6) is 0 Å². The van der Waals surface area contributed by atoms with Crippen molar-refractivity contribution in [2.24, 2.45) is 0 Å². The fourth-order valence-corrected chi connectivity index (χ4v) is 3.42. The monoisotopic (exact) mass is 359 g/mol. The molecule has 3 unspecified atom stereocenters. The Morgan fingerprint density at radius 3 is 2.15 bits per heavy atom. The second-order valence-corrected chi connectivity index (χ2v) is 7.47. The van der Waals surface area contributed by atoms with E-state index in [-0.39, 0.29) is 24.5 Å². The first-order chi connectivity index (χ1) is 12.2. The van der Waals surface area contributed by atoms with Crippen LogP contribution >= 0.6 is 0 Å². The normalized spacial score (nSPS) is 15.1. The lowest BCUT2D eigenvalue weighted by atomic mass is 10.1. The van der Waals surface area contributed by atoms with Crippen LogP contribution in [-0.2, 0) is 11.3 Å². The van der Waals surface area contributed by atoms with Gasteiger partial charge in [0.15, 0.2) is 0 Å². The molecule has 5 heteroatoms. The SMILES string of the molecule is CCC(C)N(C(=O)Cn1c(C(C)O)nc2cc(C)c(C)cc21)C(C)CC. The number of benzene rings is 1.